The first-order chi connectivity index (χ1) is 13.5. The molecule has 5 nitrogen and oxygen atoms in total. The van der Waals surface area contributed by atoms with Crippen LogP contribution in [-0.4, -0.2) is 24.6 Å². The lowest BCUT2D eigenvalue weighted by Crippen LogP contribution is -2.20. The van der Waals surface area contributed by atoms with Crippen LogP contribution in [0.5, 0.6) is 5.75 Å². The summed E-state index contributed by atoms with van der Waals surface area (Å²) in [6.45, 7) is 5.80. The van der Waals surface area contributed by atoms with Crippen LogP contribution in [0, 0.1) is 0 Å². The number of nitrogens with one attached hydrogen (secondary N) is 1. The molecule has 1 amide bonds. The quantitative estimate of drug-likeness (QED) is 0.586. The zero-order chi connectivity index (χ0) is 20.4. The topological polar surface area (TPSA) is 64.6 Å². The van der Waals surface area contributed by atoms with Gasteiger partial charge in [-0.05, 0) is 68.1 Å². The van der Waals surface area contributed by atoms with Gasteiger partial charge in [0.1, 0.15) is 5.75 Å². The predicted octanol–water partition coefficient (Wildman–Crippen LogP) is 5.00. The van der Waals surface area contributed by atoms with E-state index in [1.54, 1.807) is 24.3 Å². The Morgan fingerprint density at radius 3 is 2.29 bits per heavy atom. The molecule has 0 aliphatic carbocycles. The van der Waals surface area contributed by atoms with E-state index in [9.17, 15) is 9.59 Å². The third-order valence-electron chi connectivity index (χ3n) is 4.41. The fourth-order valence-corrected chi connectivity index (χ4v) is 2.53. The van der Waals surface area contributed by atoms with E-state index in [-0.39, 0.29) is 18.6 Å². The van der Waals surface area contributed by atoms with E-state index >= 15 is 0 Å². The van der Waals surface area contributed by atoms with Gasteiger partial charge in [0.05, 0.1) is 6.10 Å². The lowest BCUT2D eigenvalue weighted by Gasteiger charge is -2.11. The summed E-state index contributed by atoms with van der Waals surface area (Å²) in [7, 11) is 0. The third-order valence-corrected chi connectivity index (χ3v) is 4.41. The van der Waals surface area contributed by atoms with Gasteiger partial charge in [-0.2, -0.15) is 0 Å². The van der Waals surface area contributed by atoms with Crippen molar-refractivity contribution < 1.29 is 19.1 Å². The van der Waals surface area contributed by atoms with Gasteiger partial charge in [0.15, 0.2) is 6.61 Å². The highest BCUT2D eigenvalue weighted by molar-refractivity contribution is 6.04. The number of carbonyl (C=O) groups excluding carboxylic acids is 2. The Balaban J connectivity index is 1.85. The highest BCUT2D eigenvalue weighted by Crippen LogP contribution is 2.16. The minimum atomic E-state index is -0.404. The van der Waals surface area contributed by atoms with Gasteiger partial charge < -0.3 is 14.8 Å². The van der Waals surface area contributed by atoms with Crippen molar-refractivity contribution >= 4 is 17.6 Å². The molecule has 150 valence electrons. The molecule has 1 atom stereocenters. The largest absolute Gasteiger partial charge is 0.482 e. The average molecular weight is 383 g/mol. The molecule has 0 aliphatic heterocycles. The number of unbranched alkanes of at least 4 members (excludes halogenated alkanes) is 1. The molecule has 2 aromatic carbocycles. The van der Waals surface area contributed by atoms with E-state index in [0.29, 0.717) is 11.3 Å². The van der Waals surface area contributed by atoms with Crippen molar-refractivity contribution in [3.8, 4) is 5.75 Å². The molecular weight excluding hydrogens is 354 g/mol. The number of benzene rings is 2. The molecule has 2 aromatic rings. The van der Waals surface area contributed by atoms with E-state index in [4.69, 9.17) is 9.47 Å². The summed E-state index contributed by atoms with van der Waals surface area (Å²) in [5, 5.41) is 2.89. The number of aryl methyl sites for hydroxylation is 1. The van der Waals surface area contributed by atoms with E-state index in [1.165, 1.54) is 5.56 Å². The summed E-state index contributed by atoms with van der Waals surface area (Å²) >= 11 is 0. The number of hydrogen-bond acceptors (Lipinski definition) is 4. The average Bonchev–Trinajstić information content (AvgIpc) is 2.72. The standard InChI is InChI=1S/C23H29NO4/c1-4-6-7-18-8-12-20(13-9-18)24-23(26)19-10-14-21(15-11-19)27-16-22(25)28-17(3)5-2/h8-15,17H,4-7,16H2,1-3H3,(H,24,26)/t17-/m1/s1. The Kier molecular flexibility index (Phi) is 8.53. The number of amides is 1. The molecule has 28 heavy (non-hydrogen) atoms. The second-order valence-electron chi connectivity index (χ2n) is 6.78. The van der Waals surface area contributed by atoms with Crippen LogP contribution in [0.1, 0.15) is 56.0 Å². The second-order valence-corrected chi connectivity index (χ2v) is 6.78. The molecule has 0 heterocycles. The van der Waals surface area contributed by atoms with Crippen molar-refractivity contribution in [1.82, 2.24) is 0 Å². The molecule has 0 aromatic heterocycles. The first kappa shape index (κ1) is 21.5. The Morgan fingerprint density at radius 2 is 1.68 bits per heavy atom. The normalized spacial score (nSPS) is 11.5. The highest BCUT2D eigenvalue weighted by atomic mass is 16.6. The number of hydrogen-bond donors (Lipinski definition) is 1. The van der Waals surface area contributed by atoms with Crippen molar-refractivity contribution in [2.24, 2.45) is 0 Å². The number of carbonyl (C=O) groups is 2. The van der Waals surface area contributed by atoms with E-state index in [2.05, 4.69) is 12.2 Å². The van der Waals surface area contributed by atoms with Gasteiger partial charge in [-0.3, -0.25) is 4.79 Å². The van der Waals surface area contributed by atoms with Crippen LogP contribution >= 0.6 is 0 Å². The fourth-order valence-electron chi connectivity index (χ4n) is 2.53. The lowest BCUT2D eigenvalue weighted by molar-refractivity contribution is -0.150. The fraction of sp³-hybridized carbons (Fsp3) is 0.391. The molecule has 0 unspecified atom stereocenters. The van der Waals surface area contributed by atoms with Crippen LogP contribution in [0.25, 0.3) is 0 Å². The third kappa shape index (κ3) is 7.06. The molecule has 0 radical (unpaired) electrons. The van der Waals surface area contributed by atoms with Crippen LogP contribution in [0.3, 0.4) is 0 Å². The molecule has 0 saturated heterocycles. The van der Waals surface area contributed by atoms with Gasteiger partial charge >= 0.3 is 5.97 Å². The molecular formula is C23H29NO4. The van der Waals surface area contributed by atoms with E-state index < -0.39 is 5.97 Å². The van der Waals surface area contributed by atoms with Gasteiger partial charge in [0.25, 0.3) is 5.91 Å². The van der Waals surface area contributed by atoms with Gasteiger partial charge in [-0.25, -0.2) is 4.79 Å². The van der Waals surface area contributed by atoms with E-state index in [0.717, 1.165) is 31.4 Å². The van der Waals surface area contributed by atoms with Crippen LogP contribution in [0.4, 0.5) is 5.69 Å². The maximum Gasteiger partial charge on any atom is 0.344 e. The molecule has 1 N–H and O–H groups in total. The maximum atomic E-state index is 12.4. The first-order valence-corrected chi connectivity index (χ1v) is 9.84. The summed E-state index contributed by atoms with van der Waals surface area (Å²) in [6.07, 6.45) is 4.02. The van der Waals surface area contributed by atoms with Crippen LogP contribution in [0.2, 0.25) is 0 Å². The summed E-state index contributed by atoms with van der Waals surface area (Å²) in [5.41, 5.74) is 2.55. The Hall–Kier alpha value is -2.82. The zero-order valence-corrected chi connectivity index (χ0v) is 16.9. The van der Waals surface area contributed by atoms with Gasteiger partial charge in [0, 0.05) is 11.3 Å². The minimum Gasteiger partial charge on any atom is -0.482 e. The molecule has 0 saturated carbocycles. The molecule has 0 fully saturated rings. The molecule has 0 bridgehead atoms. The SMILES string of the molecule is CCCCc1ccc(NC(=O)c2ccc(OCC(=O)O[C@H](C)CC)cc2)cc1. The highest BCUT2D eigenvalue weighted by Gasteiger charge is 2.10. The monoisotopic (exact) mass is 383 g/mol. The maximum absolute atomic E-state index is 12.4. The number of anilines is 1. The minimum absolute atomic E-state index is 0.122. The summed E-state index contributed by atoms with van der Waals surface area (Å²) in [6, 6.07) is 14.6. The van der Waals surface area contributed by atoms with Crippen molar-refractivity contribution in [3.63, 3.8) is 0 Å². The summed E-state index contributed by atoms with van der Waals surface area (Å²) in [5.74, 6) is -0.0829. The first-order valence-electron chi connectivity index (χ1n) is 9.84. The van der Waals surface area contributed by atoms with Crippen molar-refractivity contribution in [1.29, 1.82) is 0 Å². The zero-order valence-electron chi connectivity index (χ0n) is 16.9. The van der Waals surface area contributed by atoms with Crippen molar-refractivity contribution in [2.45, 2.75) is 52.6 Å². The summed E-state index contributed by atoms with van der Waals surface area (Å²) in [4.78, 5) is 24.0. The smallest absolute Gasteiger partial charge is 0.344 e. The van der Waals surface area contributed by atoms with Crippen LogP contribution < -0.4 is 10.1 Å². The molecule has 2 rings (SSSR count). The van der Waals surface area contributed by atoms with Gasteiger partial charge in [-0.15, -0.1) is 0 Å². The number of esters is 1. The van der Waals surface area contributed by atoms with Gasteiger partial charge in [0.2, 0.25) is 0 Å². The number of rotatable bonds is 10. The predicted molar refractivity (Wildman–Crippen MR) is 111 cm³/mol. The summed E-state index contributed by atoms with van der Waals surface area (Å²) < 4.78 is 10.6. The molecule has 0 aliphatic rings. The van der Waals surface area contributed by atoms with Crippen LogP contribution in [-0.2, 0) is 16.0 Å². The van der Waals surface area contributed by atoms with Crippen molar-refractivity contribution in [2.75, 3.05) is 11.9 Å². The molecule has 5 heteroatoms. The lowest BCUT2D eigenvalue weighted by atomic mass is 10.1. The molecule has 0 spiro atoms. The van der Waals surface area contributed by atoms with E-state index in [1.807, 2.05) is 38.1 Å². The second kappa shape index (κ2) is 11.1. The number of ether oxygens (including phenoxy) is 2. The Morgan fingerprint density at radius 1 is 1.00 bits per heavy atom. The van der Waals surface area contributed by atoms with Gasteiger partial charge in [-0.1, -0.05) is 32.4 Å². The Bertz CT molecular complexity index is 753. The Labute approximate surface area is 167 Å². The van der Waals surface area contributed by atoms with Crippen LogP contribution in [0.15, 0.2) is 48.5 Å². The van der Waals surface area contributed by atoms with Crippen molar-refractivity contribution in [3.05, 3.63) is 59.7 Å².